The molecule has 38 heavy (non-hydrogen) atoms. The molecule has 6 rings (SSSR count). The van der Waals surface area contributed by atoms with Crippen LogP contribution >= 0.6 is 0 Å². The fraction of sp³-hybridized carbons (Fsp3) is 0.0811. The van der Waals surface area contributed by atoms with Crippen molar-refractivity contribution in [2.75, 3.05) is 6.61 Å². The van der Waals surface area contributed by atoms with Gasteiger partial charge in [-0.05, 0) is 45.9 Å². The van der Waals surface area contributed by atoms with Crippen molar-refractivity contribution >= 4 is 16.7 Å². The lowest BCUT2D eigenvalue weighted by atomic mass is 9.58. The van der Waals surface area contributed by atoms with E-state index in [9.17, 15) is 0 Å². The van der Waals surface area contributed by atoms with Crippen LogP contribution in [-0.4, -0.2) is 6.61 Å². The maximum atomic E-state index is 6.99. The summed E-state index contributed by atoms with van der Waals surface area (Å²) in [6, 6.07) is 53.6. The minimum Gasteiger partial charge on any atom is -0.361 e. The Morgan fingerprint density at radius 2 is 0.947 bits per heavy atom. The molecular weight excluding hydrogens is 460 g/mol. The molecule has 0 N–H and O–H groups in total. The zero-order valence-corrected chi connectivity index (χ0v) is 21.5. The maximum absolute atomic E-state index is 6.99. The van der Waals surface area contributed by atoms with Crippen LogP contribution in [0, 0.1) is 0 Å². The molecule has 0 heterocycles. The van der Waals surface area contributed by atoms with Crippen LogP contribution in [0.3, 0.4) is 0 Å². The van der Waals surface area contributed by atoms with Gasteiger partial charge in [-0.1, -0.05) is 152 Å². The van der Waals surface area contributed by atoms with Crippen molar-refractivity contribution in [3.63, 3.8) is 0 Å². The van der Waals surface area contributed by atoms with Crippen LogP contribution in [0.1, 0.15) is 34.7 Å². The molecule has 1 atom stereocenters. The largest absolute Gasteiger partial charge is 0.361 e. The Morgan fingerprint density at radius 1 is 0.526 bits per heavy atom. The van der Waals surface area contributed by atoms with E-state index in [4.69, 9.17) is 4.74 Å². The third kappa shape index (κ3) is 4.02. The molecule has 0 saturated heterocycles. The SMILES string of the molecule is CCO[C@@]1(c2ccccc2)C(=C(c2ccccc2)c2ccccc2)C(c2ccccc2)=C1c1ccccc1. The zero-order chi connectivity index (χ0) is 25.8. The second-order valence-corrected chi connectivity index (χ2v) is 9.44. The quantitative estimate of drug-likeness (QED) is 0.221. The van der Waals surface area contributed by atoms with Crippen LogP contribution in [0.2, 0.25) is 0 Å². The Bertz CT molecular complexity index is 1530. The third-order valence-corrected chi connectivity index (χ3v) is 7.25. The summed E-state index contributed by atoms with van der Waals surface area (Å²) in [6.07, 6.45) is 0. The van der Waals surface area contributed by atoms with Gasteiger partial charge < -0.3 is 4.74 Å². The highest BCUT2D eigenvalue weighted by molar-refractivity contribution is 6.18. The Hall–Kier alpha value is -4.46. The third-order valence-electron chi connectivity index (χ3n) is 7.25. The normalized spacial score (nSPS) is 16.7. The fourth-order valence-electron chi connectivity index (χ4n) is 5.76. The molecule has 5 aromatic rings. The van der Waals surface area contributed by atoms with Gasteiger partial charge in [0.25, 0.3) is 0 Å². The Kier molecular flexibility index (Phi) is 6.60. The van der Waals surface area contributed by atoms with E-state index in [1.165, 1.54) is 44.5 Å². The summed E-state index contributed by atoms with van der Waals surface area (Å²) in [4.78, 5) is 0. The summed E-state index contributed by atoms with van der Waals surface area (Å²) in [5, 5.41) is 0. The molecule has 0 aromatic heterocycles. The van der Waals surface area contributed by atoms with E-state index in [1.54, 1.807) is 0 Å². The van der Waals surface area contributed by atoms with Crippen LogP contribution < -0.4 is 0 Å². The molecule has 1 aliphatic rings. The number of rotatable bonds is 7. The molecule has 0 unspecified atom stereocenters. The van der Waals surface area contributed by atoms with Crippen LogP contribution in [0.25, 0.3) is 16.7 Å². The van der Waals surface area contributed by atoms with E-state index < -0.39 is 5.60 Å². The summed E-state index contributed by atoms with van der Waals surface area (Å²) in [6.45, 7) is 2.67. The Labute approximate surface area is 225 Å². The predicted molar refractivity (Wildman–Crippen MR) is 158 cm³/mol. The van der Waals surface area contributed by atoms with Crippen molar-refractivity contribution in [1.82, 2.24) is 0 Å². The number of benzene rings is 5. The van der Waals surface area contributed by atoms with Crippen molar-refractivity contribution in [1.29, 1.82) is 0 Å². The van der Waals surface area contributed by atoms with Crippen LogP contribution in [-0.2, 0) is 10.3 Å². The van der Waals surface area contributed by atoms with Crippen molar-refractivity contribution in [2.45, 2.75) is 12.5 Å². The van der Waals surface area contributed by atoms with Gasteiger partial charge in [0.2, 0.25) is 0 Å². The molecule has 0 amide bonds. The van der Waals surface area contributed by atoms with Crippen molar-refractivity contribution in [3.8, 4) is 0 Å². The second-order valence-electron chi connectivity index (χ2n) is 9.44. The van der Waals surface area contributed by atoms with Crippen LogP contribution in [0.5, 0.6) is 0 Å². The molecule has 0 aliphatic heterocycles. The van der Waals surface area contributed by atoms with E-state index in [-0.39, 0.29) is 0 Å². The molecule has 1 heteroatoms. The first-order chi connectivity index (χ1) is 18.8. The second kappa shape index (κ2) is 10.5. The van der Waals surface area contributed by atoms with Gasteiger partial charge >= 0.3 is 0 Å². The van der Waals surface area contributed by atoms with Gasteiger partial charge in [-0.2, -0.15) is 0 Å². The molecule has 184 valence electrons. The topological polar surface area (TPSA) is 9.23 Å². The highest BCUT2D eigenvalue weighted by Crippen LogP contribution is 2.64. The molecule has 0 spiro atoms. The molecule has 1 nitrogen and oxygen atoms in total. The van der Waals surface area contributed by atoms with Gasteiger partial charge in [0, 0.05) is 17.8 Å². The van der Waals surface area contributed by atoms with Gasteiger partial charge in [-0.25, -0.2) is 0 Å². The van der Waals surface area contributed by atoms with Crippen molar-refractivity contribution < 1.29 is 4.74 Å². The Morgan fingerprint density at radius 3 is 1.42 bits per heavy atom. The first kappa shape index (κ1) is 23.9. The average Bonchev–Trinajstić information content (AvgIpc) is 2.99. The lowest BCUT2D eigenvalue weighted by Crippen LogP contribution is -2.43. The molecule has 5 aromatic carbocycles. The molecule has 0 saturated carbocycles. The minimum absolute atomic E-state index is 0.577. The highest BCUT2D eigenvalue weighted by atomic mass is 16.5. The van der Waals surface area contributed by atoms with E-state index >= 15 is 0 Å². The highest BCUT2D eigenvalue weighted by Gasteiger charge is 2.54. The first-order valence-corrected chi connectivity index (χ1v) is 13.3. The molecule has 1 aliphatic carbocycles. The van der Waals surface area contributed by atoms with Crippen LogP contribution in [0.4, 0.5) is 0 Å². The number of hydrogen-bond donors (Lipinski definition) is 0. The lowest BCUT2D eigenvalue weighted by Gasteiger charge is -2.50. The number of hydrogen-bond acceptors (Lipinski definition) is 1. The molecule has 0 radical (unpaired) electrons. The zero-order valence-electron chi connectivity index (χ0n) is 21.5. The fourth-order valence-corrected chi connectivity index (χ4v) is 5.76. The van der Waals surface area contributed by atoms with Gasteiger partial charge in [-0.15, -0.1) is 0 Å². The molecule has 0 fully saturated rings. The van der Waals surface area contributed by atoms with Gasteiger partial charge in [0.15, 0.2) is 0 Å². The molecule has 0 bridgehead atoms. The van der Waals surface area contributed by atoms with Gasteiger partial charge in [0.05, 0.1) is 0 Å². The van der Waals surface area contributed by atoms with E-state index in [0.29, 0.717) is 6.61 Å². The summed E-state index contributed by atoms with van der Waals surface area (Å²) in [7, 11) is 0. The molecular formula is C37H30O. The minimum atomic E-state index is -0.733. The standard InChI is InChI=1S/C37H30O/c1-2-38-37(32-26-16-7-17-27-32)35(31-24-14-6-15-25-31)34(30-22-12-5-13-23-30)36(37)33(28-18-8-3-9-19-28)29-20-10-4-11-21-29/h3-27H,2H2,1H3/t37-/m1/s1. The van der Waals surface area contributed by atoms with Crippen molar-refractivity contribution in [3.05, 3.63) is 185 Å². The van der Waals surface area contributed by atoms with Crippen molar-refractivity contribution in [2.24, 2.45) is 0 Å². The monoisotopic (exact) mass is 490 g/mol. The summed E-state index contributed by atoms with van der Waals surface area (Å²) < 4.78 is 6.99. The summed E-state index contributed by atoms with van der Waals surface area (Å²) in [5.74, 6) is 0. The summed E-state index contributed by atoms with van der Waals surface area (Å²) in [5.41, 5.74) is 9.96. The smallest absolute Gasteiger partial charge is 0.146 e. The first-order valence-electron chi connectivity index (χ1n) is 13.3. The predicted octanol–water partition coefficient (Wildman–Crippen LogP) is 9.05. The lowest BCUT2D eigenvalue weighted by molar-refractivity contribution is 0.0304. The average molecular weight is 491 g/mol. The van der Waals surface area contributed by atoms with Gasteiger partial charge in [0.1, 0.15) is 5.60 Å². The Balaban J connectivity index is 1.82. The van der Waals surface area contributed by atoms with Crippen LogP contribution in [0.15, 0.2) is 157 Å². The maximum Gasteiger partial charge on any atom is 0.146 e. The van der Waals surface area contributed by atoms with E-state index in [1.807, 2.05) is 0 Å². The van der Waals surface area contributed by atoms with E-state index in [0.717, 1.165) is 5.56 Å². The van der Waals surface area contributed by atoms with Gasteiger partial charge in [-0.3, -0.25) is 0 Å². The summed E-state index contributed by atoms with van der Waals surface area (Å²) >= 11 is 0. The van der Waals surface area contributed by atoms with E-state index in [2.05, 4.69) is 159 Å². The number of ether oxygens (including phenoxy) is 1.